The fourth-order valence-corrected chi connectivity index (χ4v) is 8.13. The van der Waals surface area contributed by atoms with Crippen molar-refractivity contribution in [3.8, 4) is 0 Å². The number of thioether (sulfide) groups is 4. The molecule has 0 fully saturated rings. The molecule has 2 heterocycles. The predicted octanol–water partition coefficient (Wildman–Crippen LogP) is 6.21. The van der Waals surface area contributed by atoms with E-state index in [1.807, 2.05) is 47.0 Å². The van der Waals surface area contributed by atoms with Crippen LogP contribution >= 0.6 is 47.0 Å². The molecular formula is C16H14S4. The molecule has 20 heavy (non-hydrogen) atoms. The van der Waals surface area contributed by atoms with Gasteiger partial charge in [-0.2, -0.15) is 0 Å². The Morgan fingerprint density at radius 1 is 0.550 bits per heavy atom. The fraction of sp³-hybridized carbons (Fsp3) is 0.250. The highest BCUT2D eigenvalue weighted by Crippen LogP contribution is 2.53. The molecule has 2 aromatic carbocycles. The van der Waals surface area contributed by atoms with Crippen LogP contribution in [-0.2, 0) is 0 Å². The van der Waals surface area contributed by atoms with Crippen LogP contribution in [0.4, 0.5) is 0 Å². The summed E-state index contributed by atoms with van der Waals surface area (Å²) in [4.78, 5) is 5.88. The highest BCUT2D eigenvalue weighted by atomic mass is 32.2. The Kier molecular flexibility index (Phi) is 3.99. The lowest BCUT2D eigenvalue weighted by molar-refractivity contribution is 0.860. The van der Waals surface area contributed by atoms with E-state index < -0.39 is 0 Å². The summed E-state index contributed by atoms with van der Waals surface area (Å²) >= 11 is 8.19. The van der Waals surface area contributed by atoms with Gasteiger partial charge in [0.25, 0.3) is 0 Å². The Hall–Kier alpha value is -0.160. The van der Waals surface area contributed by atoms with E-state index in [0.29, 0.717) is 9.16 Å². The van der Waals surface area contributed by atoms with Crippen molar-refractivity contribution in [2.75, 3.05) is 0 Å². The summed E-state index contributed by atoms with van der Waals surface area (Å²) in [6.45, 7) is 0. The number of hydrogen-bond donors (Lipinski definition) is 0. The maximum Gasteiger partial charge on any atom is 0.0598 e. The second kappa shape index (κ2) is 5.91. The monoisotopic (exact) mass is 334 g/mol. The van der Waals surface area contributed by atoms with Crippen molar-refractivity contribution in [3.63, 3.8) is 0 Å². The minimum Gasteiger partial charge on any atom is -0.110 e. The Bertz CT molecular complexity index is 520. The highest BCUT2D eigenvalue weighted by Gasteiger charge is 2.27. The molecule has 4 rings (SSSR count). The summed E-state index contributed by atoms with van der Waals surface area (Å²) < 4.78 is 1.41. The summed E-state index contributed by atoms with van der Waals surface area (Å²) in [5, 5.41) is 0. The van der Waals surface area contributed by atoms with E-state index in [1.165, 1.54) is 32.4 Å². The van der Waals surface area contributed by atoms with Crippen LogP contribution in [-0.4, -0.2) is 9.16 Å². The van der Waals surface area contributed by atoms with Gasteiger partial charge in [-0.05, 0) is 37.1 Å². The van der Waals surface area contributed by atoms with Crippen LogP contribution in [0.3, 0.4) is 0 Å². The SMILES string of the molecule is c1ccc2c(c1)SC(CCC1Sc3ccccc3S1)S2. The molecule has 0 bridgehead atoms. The Morgan fingerprint density at radius 2 is 0.850 bits per heavy atom. The predicted molar refractivity (Wildman–Crippen MR) is 93.1 cm³/mol. The average Bonchev–Trinajstić information content (AvgIpc) is 3.07. The molecule has 0 aromatic heterocycles. The summed E-state index contributed by atoms with van der Waals surface area (Å²) in [6.07, 6.45) is 2.59. The van der Waals surface area contributed by atoms with E-state index in [4.69, 9.17) is 0 Å². The number of benzene rings is 2. The van der Waals surface area contributed by atoms with Crippen LogP contribution < -0.4 is 0 Å². The summed E-state index contributed by atoms with van der Waals surface area (Å²) in [5.74, 6) is 0. The van der Waals surface area contributed by atoms with Gasteiger partial charge in [0.1, 0.15) is 0 Å². The zero-order valence-corrected chi connectivity index (χ0v) is 14.1. The van der Waals surface area contributed by atoms with E-state index in [0.717, 1.165) is 0 Å². The fourth-order valence-electron chi connectivity index (χ4n) is 2.41. The molecule has 0 unspecified atom stereocenters. The molecule has 0 aliphatic carbocycles. The van der Waals surface area contributed by atoms with Gasteiger partial charge in [-0.1, -0.05) is 24.3 Å². The molecule has 102 valence electrons. The molecule has 0 atom stereocenters. The first-order valence-corrected chi connectivity index (χ1v) is 10.2. The number of rotatable bonds is 3. The molecule has 0 radical (unpaired) electrons. The van der Waals surface area contributed by atoms with Gasteiger partial charge in [-0.3, -0.25) is 0 Å². The molecule has 2 aliphatic heterocycles. The van der Waals surface area contributed by atoms with Gasteiger partial charge < -0.3 is 0 Å². The zero-order valence-electron chi connectivity index (χ0n) is 10.8. The maximum atomic E-state index is 2.25. The normalized spacial score (nSPS) is 18.2. The van der Waals surface area contributed by atoms with Gasteiger partial charge in [-0.25, -0.2) is 0 Å². The van der Waals surface area contributed by atoms with E-state index in [2.05, 4.69) is 48.5 Å². The van der Waals surface area contributed by atoms with Gasteiger partial charge >= 0.3 is 0 Å². The lowest BCUT2D eigenvalue weighted by Crippen LogP contribution is -1.98. The molecule has 0 N–H and O–H groups in total. The van der Waals surface area contributed by atoms with Crippen molar-refractivity contribution in [1.82, 2.24) is 0 Å². The lowest BCUT2D eigenvalue weighted by atomic mass is 10.4. The highest BCUT2D eigenvalue weighted by molar-refractivity contribution is 8.20. The molecule has 0 saturated heterocycles. The third-order valence-electron chi connectivity index (χ3n) is 3.37. The average molecular weight is 335 g/mol. The molecule has 0 saturated carbocycles. The summed E-state index contributed by atoms with van der Waals surface area (Å²) in [6, 6.07) is 17.6. The van der Waals surface area contributed by atoms with Crippen LogP contribution in [0.15, 0.2) is 68.1 Å². The molecule has 0 amide bonds. The zero-order chi connectivity index (χ0) is 13.4. The molecule has 0 spiro atoms. The molecule has 4 heteroatoms. The standard InChI is InChI=1S/C16H14S4/c1-2-6-12-11(5-1)17-15(18-12)9-10-16-19-13-7-3-4-8-14(13)20-16/h1-8,15-16H,9-10H2. The second-order valence-corrected chi connectivity index (χ2v) is 10.4. The van der Waals surface area contributed by atoms with Crippen molar-refractivity contribution < 1.29 is 0 Å². The van der Waals surface area contributed by atoms with E-state index in [-0.39, 0.29) is 0 Å². The Labute approximate surface area is 136 Å². The quantitative estimate of drug-likeness (QED) is 0.653. The third kappa shape index (κ3) is 2.76. The van der Waals surface area contributed by atoms with Crippen LogP contribution in [0, 0.1) is 0 Å². The summed E-state index contributed by atoms with van der Waals surface area (Å²) in [7, 11) is 0. The van der Waals surface area contributed by atoms with Gasteiger partial charge in [0.05, 0.1) is 9.16 Å². The van der Waals surface area contributed by atoms with E-state index in [9.17, 15) is 0 Å². The Balaban J connectivity index is 1.33. The van der Waals surface area contributed by atoms with Gasteiger partial charge in [0.2, 0.25) is 0 Å². The first-order chi connectivity index (χ1) is 9.88. The second-order valence-electron chi connectivity index (χ2n) is 4.80. The minimum absolute atomic E-state index is 0.706. The van der Waals surface area contributed by atoms with Crippen LogP contribution in [0.5, 0.6) is 0 Å². The third-order valence-corrected chi connectivity index (χ3v) is 9.22. The molecule has 2 aliphatic rings. The van der Waals surface area contributed by atoms with Gasteiger partial charge in [-0.15, -0.1) is 47.0 Å². The Morgan fingerprint density at radius 3 is 1.15 bits per heavy atom. The first-order valence-electron chi connectivity index (χ1n) is 6.73. The van der Waals surface area contributed by atoms with Crippen LogP contribution in [0.2, 0.25) is 0 Å². The van der Waals surface area contributed by atoms with Crippen molar-refractivity contribution in [3.05, 3.63) is 48.5 Å². The molecular weight excluding hydrogens is 320 g/mol. The topological polar surface area (TPSA) is 0 Å². The number of hydrogen-bond acceptors (Lipinski definition) is 4. The smallest absolute Gasteiger partial charge is 0.0598 e. The minimum atomic E-state index is 0.706. The van der Waals surface area contributed by atoms with Crippen molar-refractivity contribution in [1.29, 1.82) is 0 Å². The summed E-state index contributed by atoms with van der Waals surface area (Å²) in [5.41, 5.74) is 0. The van der Waals surface area contributed by atoms with Crippen LogP contribution in [0.25, 0.3) is 0 Å². The van der Waals surface area contributed by atoms with E-state index >= 15 is 0 Å². The maximum absolute atomic E-state index is 2.25. The van der Waals surface area contributed by atoms with Gasteiger partial charge in [0, 0.05) is 19.6 Å². The molecule has 0 nitrogen and oxygen atoms in total. The lowest BCUT2D eigenvalue weighted by Gasteiger charge is -2.11. The number of fused-ring (bicyclic) bond motifs is 2. The largest absolute Gasteiger partial charge is 0.110 e. The molecule has 2 aromatic rings. The van der Waals surface area contributed by atoms with Crippen molar-refractivity contribution in [2.45, 2.75) is 41.6 Å². The first kappa shape index (κ1) is 13.5. The van der Waals surface area contributed by atoms with E-state index in [1.54, 1.807) is 0 Å². The van der Waals surface area contributed by atoms with Crippen molar-refractivity contribution in [2.24, 2.45) is 0 Å². The van der Waals surface area contributed by atoms with Gasteiger partial charge in [0.15, 0.2) is 0 Å². The van der Waals surface area contributed by atoms with Crippen LogP contribution in [0.1, 0.15) is 12.8 Å². The van der Waals surface area contributed by atoms with Crippen molar-refractivity contribution >= 4 is 47.0 Å².